The molecule has 0 bridgehead atoms. The van der Waals surface area contributed by atoms with Gasteiger partial charge in [-0.1, -0.05) is 6.07 Å². The molecule has 1 aromatic rings. The molecule has 0 unspecified atom stereocenters. The average molecular weight is 378 g/mol. The minimum Gasteiger partial charge on any atom is -0.368 e. The van der Waals surface area contributed by atoms with E-state index in [0.29, 0.717) is 38.2 Å². The average Bonchev–Trinajstić information content (AvgIpc) is 3.28. The summed E-state index contributed by atoms with van der Waals surface area (Å²) < 4.78 is 32.0. The number of nitrogens with zero attached hydrogens (tertiary/aromatic N) is 2. The highest BCUT2D eigenvalue weighted by Gasteiger charge is 2.46. The Bertz CT molecular complexity index is 741. The topological polar surface area (TPSA) is 49.9 Å². The van der Waals surface area contributed by atoms with Crippen molar-refractivity contribution >= 4 is 11.8 Å². The monoisotopic (exact) mass is 378 g/mol. The molecule has 3 fully saturated rings. The van der Waals surface area contributed by atoms with Crippen LogP contribution in [0.15, 0.2) is 18.2 Å². The van der Waals surface area contributed by atoms with E-state index < -0.39 is 11.6 Å². The first-order valence-corrected chi connectivity index (χ1v) is 9.58. The highest BCUT2D eigenvalue weighted by atomic mass is 19.2. The number of benzene rings is 1. The molecule has 3 heterocycles. The molecular weight excluding hydrogens is 354 g/mol. The summed E-state index contributed by atoms with van der Waals surface area (Å²) in [5, 5.41) is 0. The summed E-state index contributed by atoms with van der Waals surface area (Å²) in [6.45, 7) is 2.83. The Balaban J connectivity index is 1.36. The fraction of sp³-hybridized carbons (Fsp3) is 0.600. The van der Waals surface area contributed by atoms with Gasteiger partial charge in [-0.05, 0) is 43.4 Å². The van der Waals surface area contributed by atoms with E-state index in [2.05, 4.69) is 0 Å². The minimum atomic E-state index is -0.894. The molecule has 0 radical (unpaired) electrons. The van der Waals surface area contributed by atoms with E-state index in [0.717, 1.165) is 37.8 Å². The standard InChI is InChI=1S/C20H24F2N2O3/c21-15-4-3-14(10-16(15)22)12-24-13-20(11-18(24)25)5-7-23(8-6-20)19(26)17-2-1-9-27-17/h3-4,10,17H,1-2,5-9,11-13H2/t17-/m0/s1. The van der Waals surface area contributed by atoms with Crippen LogP contribution >= 0.6 is 0 Å². The van der Waals surface area contributed by atoms with Crippen LogP contribution in [0.3, 0.4) is 0 Å². The van der Waals surface area contributed by atoms with E-state index in [4.69, 9.17) is 4.74 Å². The van der Waals surface area contributed by atoms with Crippen molar-refractivity contribution in [3.63, 3.8) is 0 Å². The number of halogens is 2. The Hall–Kier alpha value is -2.02. The normalized spacial score (nSPS) is 24.8. The molecule has 4 rings (SSSR count). The largest absolute Gasteiger partial charge is 0.368 e. The second kappa shape index (κ2) is 7.19. The molecule has 146 valence electrons. The van der Waals surface area contributed by atoms with Crippen molar-refractivity contribution in [2.75, 3.05) is 26.2 Å². The molecule has 5 nitrogen and oxygen atoms in total. The molecule has 1 atom stereocenters. The van der Waals surface area contributed by atoms with Crippen molar-refractivity contribution < 1.29 is 23.1 Å². The Morgan fingerprint density at radius 1 is 1.22 bits per heavy atom. The fourth-order valence-electron chi connectivity index (χ4n) is 4.50. The van der Waals surface area contributed by atoms with Gasteiger partial charge >= 0.3 is 0 Å². The number of amides is 2. The number of ether oxygens (including phenoxy) is 1. The smallest absolute Gasteiger partial charge is 0.251 e. The zero-order chi connectivity index (χ0) is 19.0. The Kier molecular flexibility index (Phi) is 4.88. The predicted octanol–water partition coefficient (Wildman–Crippen LogP) is 2.48. The molecule has 3 aliphatic heterocycles. The van der Waals surface area contributed by atoms with Gasteiger partial charge in [0.15, 0.2) is 11.6 Å². The number of carbonyl (C=O) groups is 2. The van der Waals surface area contributed by atoms with Crippen LogP contribution in [0.2, 0.25) is 0 Å². The SMILES string of the molecule is O=C1CC2(CCN(C(=O)[C@@H]3CCCO3)CC2)CN1Cc1ccc(F)c(F)c1. The molecule has 3 saturated heterocycles. The van der Waals surface area contributed by atoms with E-state index in [1.54, 1.807) is 4.90 Å². The van der Waals surface area contributed by atoms with Gasteiger partial charge in [-0.3, -0.25) is 9.59 Å². The molecule has 0 N–H and O–H groups in total. The Labute approximate surface area is 157 Å². The maximum Gasteiger partial charge on any atom is 0.251 e. The summed E-state index contributed by atoms with van der Waals surface area (Å²) in [6.07, 6.45) is 3.45. The molecule has 1 spiro atoms. The van der Waals surface area contributed by atoms with Gasteiger partial charge < -0.3 is 14.5 Å². The Morgan fingerprint density at radius 2 is 2.00 bits per heavy atom. The van der Waals surface area contributed by atoms with Crippen molar-refractivity contribution in [1.29, 1.82) is 0 Å². The third kappa shape index (κ3) is 3.70. The first kappa shape index (κ1) is 18.3. The lowest BCUT2D eigenvalue weighted by Crippen LogP contribution is -2.47. The number of hydrogen-bond donors (Lipinski definition) is 0. The molecule has 7 heteroatoms. The first-order valence-electron chi connectivity index (χ1n) is 9.58. The molecular formula is C20H24F2N2O3. The van der Waals surface area contributed by atoms with Crippen LogP contribution < -0.4 is 0 Å². The predicted molar refractivity (Wildman–Crippen MR) is 93.6 cm³/mol. The van der Waals surface area contributed by atoms with Crippen LogP contribution in [0.1, 0.15) is 37.7 Å². The second-order valence-corrected chi connectivity index (χ2v) is 8.00. The lowest BCUT2D eigenvalue weighted by molar-refractivity contribution is -0.143. The summed E-state index contributed by atoms with van der Waals surface area (Å²) in [5.41, 5.74) is 0.466. The quantitative estimate of drug-likeness (QED) is 0.812. The van der Waals surface area contributed by atoms with E-state index in [1.807, 2.05) is 4.90 Å². The fourth-order valence-corrected chi connectivity index (χ4v) is 4.50. The molecule has 3 aliphatic rings. The third-order valence-electron chi connectivity index (χ3n) is 6.10. The van der Waals surface area contributed by atoms with Crippen molar-refractivity contribution in [2.45, 2.75) is 44.8 Å². The summed E-state index contributed by atoms with van der Waals surface area (Å²) in [4.78, 5) is 28.6. The van der Waals surface area contributed by atoms with Crippen LogP contribution in [0, 0.1) is 17.0 Å². The van der Waals surface area contributed by atoms with Crippen LogP contribution in [0.25, 0.3) is 0 Å². The van der Waals surface area contributed by atoms with Gasteiger partial charge in [0.1, 0.15) is 6.10 Å². The second-order valence-electron chi connectivity index (χ2n) is 8.00. The lowest BCUT2D eigenvalue weighted by atomic mass is 9.77. The lowest BCUT2D eigenvalue weighted by Gasteiger charge is -2.39. The van der Waals surface area contributed by atoms with Crippen molar-refractivity contribution in [2.24, 2.45) is 5.41 Å². The number of carbonyl (C=O) groups excluding carboxylic acids is 2. The molecule has 1 aromatic carbocycles. The van der Waals surface area contributed by atoms with E-state index in [1.165, 1.54) is 6.07 Å². The maximum atomic E-state index is 13.4. The van der Waals surface area contributed by atoms with Crippen LogP contribution in [0.4, 0.5) is 8.78 Å². The summed E-state index contributed by atoms with van der Waals surface area (Å²) in [5.74, 6) is -1.66. The van der Waals surface area contributed by atoms with Gasteiger partial charge in [-0.2, -0.15) is 0 Å². The molecule has 0 aliphatic carbocycles. The number of rotatable bonds is 3. The van der Waals surface area contributed by atoms with Gasteiger partial charge in [-0.15, -0.1) is 0 Å². The van der Waals surface area contributed by atoms with Gasteiger partial charge in [0.25, 0.3) is 5.91 Å². The number of likely N-dealkylation sites (tertiary alicyclic amines) is 2. The minimum absolute atomic E-state index is 0.0404. The van der Waals surface area contributed by atoms with Crippen molar-refractivity contribution in [1.82, 2.24) is 9.80 Å². The summed E-state index contributed by atoms with van der Waals surface area (Å²) >= 11 is 0. The molecule has 27 heavy (non-hydrogen) atoms. The molecule has 0 aromatic heterocycles. The van der Waals surface area contributed by atoms with E-state index in [-0.39, 0.29) is 29.9 Å². The van der Waals surface area contributed by atoms with Gasteiger partial charge in [0.2, 0.25) is 5.91 Å². The van der Waals surface area contributed by atoms with Crippen LogP contribution in [0.5, 0.6) is 0 Å². The van der Waals surface area contributed by atoms with Crippen LogP contribution in [-0.4, -0.2) is 54.0 Å². The highest BCUT2D eigenvalue weighted by Crippen LogP contribution is 2.41. The number of piperidine rings is 1. The van der Waals surface area contributed by atoms with E-state index in [9.17, 15) is 18.4 Å². The van der Waals surface area contributed by atoms with Crippen LogP contribution in [-0.2, 0) is 20.9 Å². The maximum absolute atomic E-state index is 13.4. The molecule has 0 saturated carbocycles. The zero-order valence-corrected chi connectivity index (χ0v) is 15.3. The third-order valence-corrected chi connectivity index (χ3v) is 6.10. The van der Waals surface area contributed by atoms with Crippen molar-refractivity contribution in [3.05, 3.63) is 35.4 Å². The first-order chi connectivity index (χ1) is 13.0. The zero-order valence-electron chi connectivity index (χ0n) is 15.3. The number of hydrogen-bond acceptors (Lipinski definition) is 3. The van der Waals surface area contributed by atoms with Gasteiger partial charge in [-0.25, -0.2) is 8.78 Å². The molecule has 2 amide bonds. The van der Waals surface area contributed by atoms with Crippen molar-refractivity contribution in [3.8, 4) is 0 Å². The van der Waals surface area contributed by atoms with Gasteiger partial charge in [0.05, 0.1) is 0 Å². The summed E-state index contributed by atoms with van der Waals surface area (Å²) in [6, 6.07) is 3.76. The van der Waals surface area contributed by atoms with Gasteiger partial charge in [0, 0.05) is 44.6 Å². The Morgan fingerprint density at radius 3 is 2.67 bits per heavy atom. The summed E-state index contributed by atoms with van der Waals surface area (Å²) in [7, 11) is 0. The highest BCUT2D eigenvalue weighted by molar-refractivity contribution is 5.82. The van der Waals surface area contributed by atoms with E-state index >= 15 is 0 Å².